The molecule has 0 aliphatic heterocycles. The Labute approximate surface area is 198 Å². The maximum atomic E-state index is 10.2. The summed E-state index contributed by atoms with van der Waals surface area (Å²) in [6.07, 6.45) is 14.0. The second-order valence-corrected chi connectivity index (χ2v) is 12.6. The molecule has 6 heteroatoms. The highest BCUT2D eigenvalue weighted by atomic mass is 16.7. The highest BCUT2D eigenvalue weighted by Gasteiger charge is 2.60. The fraction of sp³-hybridized carbons (Fsp3) is 0.926. The third kappa shape index (κ3) is 4.13. The molecule has 0 bridgehead atoms. The molecule has 0 saturated heterocycles. The first kappa shape index (κ1) is 25.6. The van der Waals surface area contributed by atoms with E-state index in [1.807, 2.05) is 0 Å². The molecule has 0 aromatic heterocycles. The number of rotatable bonds is 6. The molecular weight excluding hydrogens is 420 g/mol. The van der Waals surface area contributed by atoms with Gasteiger partial charge in [0.05, 0.1) is 0 Å². The zero-order valence-electron chi connectivity index (χ0n) is 20.7. The predicted octanol–water partition coefficient (Wildman–Crippen LogP) is 3.29. The SMILES string of the molecule is C[C@H](CC=CC(O)(C(O)O)C(O)(O)O)[C@H]1CC[C@H]2[C@@H]3CC[C@@H]4CCCC[C@]4(C)[C@H]3CC[C@]12C. The van der Waals surface area contributed by atoms with Crippen molar-refractivity contribution in [2.75, 3.05) is 0 Å². The second-order valence-electron chi connectivity index (χ2n) is 12.6. The minimum atomic E-state index is -3.64. The van der Waals surface area contributed by atoms with E-state index in [1.165, 1.54) is 70.3 Å². The van der Waals surface area contributed by atoms with Crippen molar-refractivity contribution in [3.05, 3.63) is 12.2 Å². The van der Waals surface area contributed by atoms with Gasteiger partial charge in [-0.25, -0.2) is 0 Å². The highest BCUT2D eigenvalue weighted by molar-refractivity contribution is 5.11. The normalized spacial score (nSPS) is 44.2. The molecule has 0 heterocycles. The Balaban J connectivity index is 1.46. The predicted molar refractivity (Wildman–Crippen MR) is 125 cm³/mol. The van der Waals surface area contributed by atoms with Gasteiger partial charge in [-0.3, -0.25) is 0 Å². The van der Waals surface area contributed by atoms with E-state index in [2.05, 4.69) is 20.8 Å². The summed E-state index contributed by atoms with van der Waals surface area (Å²) in [5.41, 5.74) is -2.12. The molecular formula is C27H46O6. The average molecular weight is 467 g/mol. The minimum absolute atomic E-state index is 0.299. The zero-order valence-corrected chi connectivity index (χ0v) is 20.7. The van der Waals surface area contributed by atoms with E-state index in [0.29, 0.717) is 29.1 Å². The van der Waals surface area contributed by atoms with Crippen LogP contribution >= 0.6 is 0 Å². The van der Waals surface area contributed by atoms with Gasteiger partial charge in [0, 0.05) is 0 Å². The van der Waals surface area contributed by atoms with E-state index in [1.54, 1.807) is 0 Å². The van der Waals surface area contributed by atoms with Gasteiger partial charge in [0.15, 0.2) is 6.29 Å². The van der Waals surface area contributed by atoms with Crippen LogP contribution in [0, 0.1) is 46.3 Å². The van der Waals surface area contributed by atoms with Crippen LogP contribution in [0.5, 0.6) is 0 Å². The zero-order chi connectivity index (χ0) is 24.2. The lowest BCUT2D eigenvalue weighted by atomic mass is 9.44. The Morgan fingerprint density at radius 2 is 1.55 bits per heavy atom. The molecule has 4 fully saturated rings. The van der Waals surface area contributed by atoms with Crippen LogP contribution in [0.15, 0.2) is 12.2 Å². The summed E-state index contributed by atoms with van der Waals surface area (Å²) in [6.45, 7) is 7.30. The Bertz CT molecular complexity index is 731. The summed E-state index contributed by atoms with van der Waals surface area (Å²) in [4.78, 5) is 0. The Morgan fingerprint density at radius 1 is 0.848 bits per heavy atom. The number of fused-ring (bicyclic) bond motifs is 5. The first-order valence-corrected chi connectivity index (χ1v) is 13.3. The van der Waals surface area contributed by atoms with Crippen molar-refractivity contribution < 1.29 is 30.6 Å². The maximum absolute atomic E-state index is 10.2. The summed E-state index contributed by atoms with van der Waals surface area (Å²) in [5.74, 6) is 0.608. The summed E-state index contributed by atoms with van der Waals surface area (Å²) < 4.78 is 0. The van der Waals surface area contributed by atoms with Gasteiger partial charge in [-0.15, -0.1) is 0 Å². The quantitative estimate of drug-likeness (QED) is 0.264. The standard InChI is InChI=1S/C27H46O6/c1-17(7-6-15-26(30,23(28)29)27(31,32)33)20-11-12-21-19-10-9-18-8-4-5-14-24(18,2)22(19)13-16-25(20,21)3/h6,15,17-23,28-33H,4-5,7-14,16H2,1-3H3/t17-,18+,19+,20-,21+,22+,24+,25-,26?/m1/s1. The molecule has 9 atom stereocenters. The lowest BCUT2D eigenvalue weighted by Crippen LogP contribution is -2.60. The van der Waals surface area contributed by atoms with Gasteiger partial charge >= 0.3 is 5.97 Å². The Hall–Kier alpha value is -0.500. The second kappa shape index (κ2) is 8.86. The van der Waals surface area contributed by atoms with Crippen molar-refractivity contribution in [3.8, 4) is 0 Å². The average Bonchev–Trinajstić information content (AvgIpc) is 3.09. The Morgan fingerprint density at radius 3 is 2.21 bits per heavy atom. The van der Waals surface area contributed by atoms with Gasteiger partial charge in [0.1, 0.15) is 0 Å². The van der Waals surface area contributed by atoms with E-state index in [-0.39, 0.29) is 0 Å². The molecule has 0 aromatic carbocycles. The van der Waals surface area contributed by atoms with Crippen molar-refractivity contribution >= 4 is 0 Å². The van der Waals surface area contributed by atoms with E-state index in [0.717, 1.165) is 29.7 Å². The molecule has 33 heavy (non-hydrogen) atoms. The Kier molecular flexibility index (Phi) is 6.87. The highest BCUT2D eigenvalue weighted by Crippen LogP contribution is 2.68. The molecule has 6 nitrogen and oxygen atoms in total. The summed E-state index contributed by atoms with van der Waals surface area (Å²) >= 11 is 0. The monoisotopic (exact) mass is 466 g/mol. The third-order valence-corrected chi connectivity index (χ3v) is 11.2. The van der Waals surface area contributed by atoms with Crippen molar-refractivity contribution in [1.82, 2.24) is 0 Å². The van der Waals surface area contributed by atoms with Crippen LogP contribution in [0.25, 0.3) is 0 Å². The van der Waals surface area contributed by atoms with Crippen molar-refractivity contribution in [2.45, 2.75) is 109 Å². The van der Waals surface area contributed by atoms with Crippen LogP contribution in [0.1, 0.15) is 91.4 Å². The molecule has 4 aliphatic rings. The lowest BCUT2D eigenvalue weighted by Gasteiger charge is -2.61. The van der Waals surface area contributed by atoms with Gasteiger partial charge < -0.3 is 30.6 Å². The molecule has 6 N–H and O–H groups in total. The van der Waals surface area contributed by atoms with Gasteiger partial charge in [0.25, 0.3) is 0 Å². The molecule has 4 saturated carbocycles. The van der Waals surface area contributed by atoms with Gasteiger partial charge in [0.2, 0.25) is 5.60 Å². The maximum Gasteiger partial charge on any atom is 0.315 e. The molecule has 4 aliphatic carbocycles. The van der Waals surface area contributed by atoms with Gasteiger partial charge in [-0.05, 0) is 110 Å². The van der Waals surface area contributed by atoms with Crippen molar-refractivity contribution in [1.29, 1.82) is 0 Å². The lowest BCUT2D eigenvalue weighted by molar-refractivity contribution is -0.408. The largest absolute Gasteiger partial charge is 0.374 e. The van der Waals surface area contributed by atoms with Crippen molar-refractivity contribution in [3.63, 3.8) is 0 Å². The number of hydrogen-bond donors (Lipinski definition) is 6. The summed E-state index contributed by atoms with van der Waals surface area (Å²) in [5, 5.41) is 57.0. The fourth-order valence-corrected chi connectivity index (χ4v) is 9.27. The van der Waals surface area contributed by atoms with Gasteiger partial charge in [-0.2, -0.15) is 0 Å². The van der Waals surface area contributed by atoms with Crippen LogP contribution in [0.2, 0.25) is 0 Å². The van der Waals surface area contributed by atoms with Gasteiger partial charge in [-0.1, -0.05) is 39.7 Å². The van der Waals surface area contributed by atoms with E-state index < -0.39 is 17.9 Å². The molecule has 190 valence electrons. The van der Waals surface area contributed by atoms with Crippen LogP contribution in [0.3, 0.4) is 0 Å². The molecule has 0 radical (unpaired) electrons. The number of aliphatic hydroxyl groups excluding tert-OH is 1. The van der Waals surface area contributed by atoms with Crippen LogP contribution in [-0.2, 0) is 0 Å². The minimum Gasteiger partial charge on any atom is -0.374 e. The summed E-state index contributed by atoms with van der Waals surface area (Å²) in [7, 11) is 0. The van der Waals surface area contributed by atoms with Crippen molar-refractivity contribution in [2.24, 2.45) is 46.3 Å². The van der Waals surface area contributed by atoms with E-state index >= 15 is 0 Å². The number of aliphatic hydroxyl groups is 6. The third-order valence-electron chi connectivity index (χ3n) is 11.2. The van der Waals surface area contributed by atoms with E-state index in [4.69, 9.17) is 0 Å². The molecule has 0 amide bonds. The number of hydrogen-bond acceptors (Lipinski definition) is 6. The van der Waals surface area contributed by atoms with Crippen LogP contribution in [-0.4, -0.2) is 48.5 Å². The summed E-state index contributed by atoms with van der Waals surface area (Å²) in [6, 6.07) is 0. The molecule has 0 spiro atoms. The van der Waals surface area contributed by atoms with Crippen LogP contribution in [0.4, 0.5) is 0 Å². The van der Waals surface area contributed by atoms with E-state index in [9.17, 15) is 30.6 Å². The molecule has 0 aromatic rings. The van der Waals surface area contributed by atoms with Crippen LogP contribution < -0.4 is 0 Å². The smallest absolute Gasteiger partial charge is 0.315 e. The molecule has 4 rings (SSSR count). The topological polar surface area (TPSA) is 121 Å². The number of allylic oxidation sites excluding steroid dienone is 1. The fourth-order valence-electron chi connectivity index (χ4n) is 9.27. The first-order valence-electron chi connectivity index (χ1n) is 13.3. The molecule has 1 unspecified atom stereocenters. The first-order chi connectivity index (χ1) is 15.3.